The van der Waals surface area contributed by atoms with Gasteiger partial charge in [-0.15, -0.1) is 0 Å². The van der Waals surface area contributed by atoms with E-state index in [1.165, 1.54) is 42.5 Å². The maximum Gasteiger partial charge on any atom is 0.266 e. The lowest BCUT2D eigenvalue weighted by Gasteiger charge is -2.32. The zero-order valence-corrected chi connectivity index (χ0v) is 19.5. The first-order valence-electron chi connectivity index (χ1n) is 11.5. The van der Waals surface area contributed by atoms with E-state index in [1.807, 2.05) is 11.9 Å². The SMILES string of the molecule is CN1CCN(C(=O)c2ccc(NC(=O)c3ccc4c(c3)C(=O)N(c3ccc(F)cc3)C4=O)cc2)CC1. The minimum absolute atomic E-state index is 0.0477. The van der Waals surface area contributed by atoms with Crippen LogP contribution in [0.1, 0.15) is 41.4 Å². The van der Waals surface area contributed by atoms with Crippen LogP contribution < -0.4 is 10.2 Å². The van der Waals surface area contributed by atoms with Gasteiger partial charge in [-0.25, -0.2) is 9.29 Å². The molecule has 182 valence electrons. The van der Waals surface area contributed by atoms with E-state index in [4.69, 9.17) is 0 Å². The monoisotopic (exact) mass is 486 g/mol. The summed E-state index contributed by atoms with van der Waals surface area (Å²) in [5.74, 6) is -2.10. The summed E-state index contributed by atoms with van der Waals surface area (Å²) in [6, 6.07) is 16.0. The number of hydrogen-bond acceptors (Lipinski definition) is 5. The van der Waals surface area contributed by atoms with E-state index in [9.17, 15) is 23.6 Å². The van der Waals surface area contributed by atoms with E-state index in [-0.39, 0.29) is 28.3 Å². The topological polar surface area (TPSA) is 90.0 Å². The third kappa shape index (κ3) is 4.36. The quantitative estimate of drug-likeness (QED) is 0.572. The Labute approximate surface area is 206 Å². The van der Waals surface area contributed by atoms with Crippen LogP contribution in [0.4, 0.5) is 15.8 Å². The molecule has 3 aromatic carbocycles. The van der Waals surface area contributed by atoms with Crippen LogP contribution >= 0.6 is 0 Å². The Morgan fingerprint density at radius 3 is 2.06 bits per heavy atom. The molecule has 0 unspecified atom stereocenters. The highest BCUT2D eigenvalue weighted by atomic mass is 19.1. The molecule has 36 heavy (non-hydrogen) atoms. The van der Waals surface area contributed by atoms with E-state index in [0.717, 1.165) is 18.0 Å². The summed E-state index contributed by atoms with van der Waals surface area (Å²) >= 11 is 0. The number of piperazine rings is 1. The number of amides is 4. The lowest BCUT2D eigenvalue weighted by atomic mass is 10.1. The van der Waals surface area contributed by atoms with E-state index >= 15 is 0 Å². The number of likely N-dealkylation sites (N-methyl/N-ethyl adjacent to an activating group) is 1. The summed E-state index contributed by atoms with van der Waals surface area (Å²) in [6.45, 7) is 3.00. The maximum absolute atomic E-state index is 13.3. The number of rotatable bonds is 4. The van der Waals surface area contributed by atoms with Gasteiger partial charge in [-0.05, 0) is 73.8 Å². The second kappa shape index (κ2) is 9.35. The van der Waals surface area contributed by atoms with Gasteiger partial charge in [0.05, 0.1) is 16.8 Å². The molecule has 0 radical (unpaired) electrons. The molecule has 5 rings (SSSR count). The molecule has 4 amide bonds. The van der Waals surface area contributed by atoms with Gasteiger partial charge in [-0.2, -0.15) is 0 Å². The predicted octanol–water partition coefficient (Wildman–Crippen LogP) is 3.27. The molecule has 3 aromatic rings. The van der Waals surface area contributed by atoms with E-state index < -0.39 is 23.5 Å². The molecule has 1 fully saturated rings. The normalized spacial score (nSPS) is 15.7. The number of hydrogen-bond donors (Lipinski definition) is 1. The van der Waals surface area contributed by atoms with Crippen LogP contribution in [0.15, 0.2) is 66.7 Å². The average molecular weight is 487 g/mol. The Morgan fingerprint density at radius 2 is 1.39 bits per heavy atom. The molecule has 2 heterocycles. The molecule has 1 N–H and O–H groups in total. The average Bonchev–Trinajstić information content (AvgIpc) is 3.14. The number of anilines is 2. The zero-order valence-electron chi connectivity index (χ0n) is 19.5. The molecule has 2 aliphatic heterocycles. The molecule has 8 nitrogen and oxygen atoms in total. The number of benzene rings is 3. The minimum Gasteiger partial charge on any atom is -0.336 e. The van der Waals surface area contributed by atoms with Crippen molar-refractivity contribution in [2.45, 2.75) is 0 Å². The van der Waals surface area contributed by atoms with Crippen molar-refractivity contribution in [3.63, 3.8) is 0 Å². The molecule has 1 saturated heterocycles. The third-order valence-electron chi connectivity index (χ3n) is 6.41. The van der Waals surface area contributed by atoms with E-state index in [2.05, 4.69) is 10.2 Å². The van der Waals surface area contributed by atoms with Crippen molar-refractivity contribution in [3.05, 3.63) is 94.8 Å². The first kappa shape index (κ1) is 23.4. The fourth-order valence-electron chi connectivity index (χ4n) is 4.30. The van der Waals surface area contributed by atoms with Crippen molar-refractivity contribution in [2.24, 2.45) is 0 Å². The molecule has 0 aromatic heterocycles. The summed E-state index contributed by atoms with van der Waals surface area (Å²) < 4.78 is 13.3. The van der Waals surface area contributed by atoms with Crippen LogP contribution in [0.5, 0.6) is 0 Å². The van der Waals surface area contributed by atoms with Gasteiger partial charge in [0.25, 0.3) is 23.6 Å². The van der Waals surface area contributed by atoms with Crippen LogP contribution in [0.3, 0.4) is 0 Å². The van der Waals surface area contributed by atoms with Crippen molar-refractivity contribution in [1.29, 1.82) is 0 Å². The number of nitrogens with one attached hydrogen (secondary N) is 1. The highest BCUT2D eigenvalue weighted by molar-refractivity contribution is 6.34. The summed E-state index contributed by atoms with van der Waals surface area (Å²) in [7, 11) is 2.02. The lowest BCUT2D eigenvalue weighted by molar-refractivity contribution is 0.0663. The second-order valence-electron chi connectivity index (χ2n) is 8.81. The van der Waals surface area contributed by atoms with Crippen molar-refractivity contribution in [3.8, 4) is 0 Å². The molecule has 0 aliphatic carbocycles. The molecular formula is C27H23FN4O4. The fraction of sp³-hybridized carbons (Fsp3) is 0.185. The molecule has 0 saturated carbocycles. The van der Waals surface area contributed by atoms with Crippen LogP contribution in [-0.4, -0.2) is 66.7 Å². The van der Waals surface area contributed by atoms with Gasteiger partial charge < -0.3 is 15.1 Å². The number of nitrogens with zero attached hydrogens (tertiary/aromatic N) is 3. The Hall–Kier alpha value is -4.37. The van der Waals surface area contributed by atoms with Crippen LogP contribution in [0, 0.1) is 5.82 Å². The highest BCUT2D eigenvalue weighted by Gasteiger charge is 2.37. The molecule has 0 bridgehead atoms. The van der Waals surface area contributed by atoms with Crippen molar-refractivity contribution in [2.75, 3.05) is 43.4 Å². The van der Waals surface area contributed by atoms with Crippen LogP contribution in [0.25, 0.3) is 0 Å². The van der Waals surface area contributed by atoms with Gasteiger partial charge in [0.15, 0.2) is 0 Å². The van der Waals surface area contributed by atoms with Crippen molar-refractivity contribution in [1.82, 2.24) is 9.80 Å². The van der Waals surface area contributed by atoms with Crippen molar-refractivity contribution < 1.29 is 23.6 Å². The third-order valence-corrected chi connectivity index (χ3v) is 6.41. The Balaban J connectivity index is 1.28. The first-order chi connectivity index (χ1) is 17.3. The number of carbonyl (C=O) groups is 4. The molecule has 9 heteroatoms. The zero-order chi connectivity index (χ0) is 25.4. The highest BCUT2D eigenvalue weighted by Crippen LogP contribution is 2.29. The van der Waals surface area contributed by atoms with Gasteiger partial charge in [-0.1, -0.05) is 0 Å². The summed E-state index contributed by atoms with van der Waals surface area (Å²) in [5, 5.41) is 2.75. The molecular weight excluding hydrogens is 463 g/mol. The maximum atomic E-state index is 13.3. The van der Waals surface area contributed by atoms with Gasteiger partial charge in [0.2, 0.25) is 0 Å². The predicted molar refractivity (Wildman–Crippen MR) is 132 cm³/mol. The number of halogens is 1. The number of carbonyl (C=O) groups excluding carboxylic acids is 4. The fourth-order valence-corrected chi connectivity index (χ4v) is 4.30. The van der Waals surface area contributed by atoms with Crippen molar-refractivity contribution >= 4 is 35.0 Å². The van der Waals surface area contributed by atoms with E-state index in [0.29, 0.717) is 24.3 Å². The van der Waals surface area contributed by atoms with Gasteiger partial charge >= 0.3 is 0 Å². The lowest BCUT2D eigenvalue weighted by Crippen LogP contribution is -2.47. The smallest absolute Gasteiger partial charge is 0.266 e. The molecule has 0 atom stereocenters. The molecule has 2 aliphatic rings. The largest absolute Gasteiger partial charge is 0.336 e. The molecule has 0 spiro atoms. The van der Waals surface area contributed by atoms with Gasteiger partial charge in [-0.3, -0.25) is 19.2 Å². The minimum atomic E-state index is -0.581. The van der Waals surface area contributed by atoms with Crippen LogP contribution in [0.2, 0.25) is 0 Å². The van der Waals surface area contributed by atoms with E-state index in [1.54, 1.807) is 24.3 Å². The summed E-state index contributed by atoms with van der Waals surface area (Å²) in [5.41, 5.74) is 1.76. The summed E-state index contributed by atoms with van der Waals surface area (Å²) in [6.07, 6.45) is 0. The first-order valence-corrected chi connectivity index (χ1v) is 11.5. The van der Waals surface area contributed by atoms with Gasteiger partial charge in [0.1, 0.15) is 5.82 Å². The van der Waals surface area contributed by atoms with Gasteiger partial charge in [0, 0.05) is 43.0 Å². The summed E-state index contributed by atoms with van der Waals surface area (Å²) in [4.78, 5) is 56.2. The second-order valence-corrected chi connectivity index (χ2v) is 8.81. The standard InChI is InChI=1S/C27H23FN4O4/c1-30-12-14-31(15-13-30)25(34)17-2-7-20(8-3-17)29-24(33)18-4-11-22-23(16-18)27(36)32(26(22)35)21-9-5-19(28)6-10-21/h2-11,16H,12-15H2,1H3,(H,29,33). The Morgan fingerprint density at radius 1 is 0.778 bits per heavy atom. The Kier molecular flexibility index (Phi) is 6.07. The number of fused-ring (bicyclic) bond motifs is 1. The Bertz CT molecular complexity index is 1360. The van der Waals surface area contributed by atoms with Crippen LogP contribution in [-0.2, 0) is 0 Å². The number of imide groups is 1.